The predicted octanol–water partition coefficient (Wildman–Crippen LogP) is 2.71. The van der Waals surface area contributed by atoms with E-state index in [1.165, 1.54) is 0 Å². The summed E-state index contributed by atoms with van der Waals surface area (Å²) >= 11 is 6.07. The molecule has 1 atom stereocenters. The fraction of sp³-hybridized carbons (Fsp3) is 0.529. The van der Waals surface area contributed by atoms with Gasteiger partial charge in [-0.15, -0.1) is 0 Å². The van der Waals surface area contributed by atoms with Crippen molar-refractivity contribution in [3.05, 3.63) is 23.2 Å². The third kappa shape index (κ3) is 2.90. The van der Waals surface area contributed by atoms with Gasteiger partial charge in [-0.1, -0.05) is 18.0 Å². The fourth-order valence-electron chi connectivity index (χ4n) is 3.17. The molecule has 1 aliphatic heterocycles. The van der Waals surface area contributed by atoms with E-state index in [2.05, 4.69) is 0 Å². The molecule has 0 bridgehead atoms. The van der Waals surface area contributed by atoms with Gasteiger partial charge in [-0.2, -0.15) is 0 Å². The van der Waals surface area contributed by atoms with Crippen LogP contribution in [-0.2, 0) is 9.59 Å². The normalized spacial score (nSPS) is 22.0. The third-order valence-electron chi connectivity index (χ3n) is 4.82. The maximum atomic E-state index is 12.8. The minimum atomic E-state index is -0.458. The summed E-state index contributed by atoms with van der Waals surface area (Å²) in [7, 11) is 1.57. The number of amides is 2. The van der Waals surface area contributed by atoms with E-state index in [9.17, 15) is 9.59 Å². The van der Waals surface area contributed by atoms with E-state index >= 15 is 0 Å². The highest BCUT2D eigenvalue weighted by Gasteiger charge is 2.39. The Morgan fingerprint density at radius 1 is 1.30 bits per heavy atom. The van der Waals surface area contributed by atoms with Crippen LogP contribution in [0.5, 0.6) is 5.75 Å². The largest absolute Gasteiger partial charge is 0.495 e. The van der Waals surface area contributed by atoms with E-state index in [0.29, 0.717) is 29.5 Å². The lowest BCUT2D eigenvalue weighted by atomic mass is 9.84. The molecule has 1 aromatic rings. The molecule has 1 saturated carbocycles. The number of carbonyl (C=O) groups is 2. The quantitative estimate of drug-likeness (QED) is 0.852. The molecular formula is C17H21ClN2O3. The number of piperazine rings is 1. The molecule has 0 radical (unpaired) electrons. The summed E-state index contributed by atoms with van der Waals surface area (Å²) in [5.74, 6) is 0.741. The van der Waals surface area contributed by atoms with Crippen LogP contribution in [0.25, 0.3) is 0 Å². The summed E-state index contributed by atoms with van der Waals surface area (Å²) in [5.41, 5.74) is 0.660. The Bertz CT molecular complexity index is 630. The van der Waals surface area contributed by atoms with E-state index in [4.69, 9.17) is 16.3 Å². The first-order valence-corrected chi connectivity index (χ1v) is 8.36. The zero-order valence-electron chi connectivity index (χ0n) is 13.4. The van der Waals surface area contributed by atoms with Gasteiger partial charge in [-0.25, -0.2) is 0 Å². The maximum absolute atomic E-state index is 12.8. The lowest BCUT2D eigenvalue weighted by Crippen LogP contribution is -2.59. The van der Waals surface area contributed by atoms with Crippen LogP contribution in [0.3, 0.4) is 0 Å². The van der Waals surface area contributed by atoms with Crippen LogP contribution in [0, 0.1) is 5.92 Å². The lowest BCUT2D eigenvalue weighted by molar-refractivity contribution is -0.146. The molecule has 0 aromatic heterocycles. The van der Waals surface area contributed by atoms with Crippen molar-refractivity contribution >= 4 is 29.1 Å². The smallest absolute Gasteiger partial charge is 0.249 e. The summed E-state index contributed by atoms with van der Waals surface area (Å²) in [4.78, 5) is 28.6. The second-order valence-corrected chi connectivity index (χ2v) is 6.58. The SMILES string of the molecule is COc1ccc(Cl)cc1N1CCN(C(=O)C2CCC2)[C@H](C)C1=O. The van der Waals surface area contributed by atoms with Gasteiger partial charge >= 0.3 is 0 Å². The molecule has 2 fully saturated rings. The highest BCUT2D eigenvalue weighted by molar-refractivity contribution is 6.31. The molecule has 2 amide bonds. The number of carbonyl (C=O) groups excluding carboxylic acids is 2. The zero-order chi connectivity index (χ0) is 16.6. The molecule has 1 aromatic carbocycles. The molecule has 5 nitrogen and oxygen atoms in total. The van der Waals surface area contributed by atoms with Gasteiger partial charge < -0.3 is 14.5 Å². The maximum Gasteiger partial charge on any atom is 0.249 e. The van der Waals surface area contributed by atoms with Crippen molar-refractivity contribution in [3.63, 3.8) is 0 Å². The highest BCUT2D eigenvalue weighted by Crippen LogP contribution is 2.34. The summed E-state index contributed by atoms with van der Waals surface area (Å²) in [6, 6.07) is 4.75. The van der Waals surface area contributed by atoms with Gasteiger partial charge in [0, 0.05) is 24.0 Å². The minimum absolute atomic E-state index is 0.0931. The van der Waals surface area contributed by atoms with Crippen LogP contribution in [0.4, 0.5) is 5.69 Å². The van der Waals surface area contributed by atoms with Crippen molar-refractivity contribution in [2.45, 2.75) is 32.2 Å². The molecule has 0 unspecified atom stereocenters. The first-order valence-electron chi connectivity index (χ1n) is 7.98. The van der Waals surface area contributed by atoms with Crippen LogP contribution < -0.4 is 9.64 Å². The van der Waals surface area contributed by atoms with Crippen LogP contribution in [-0.4, -0.2) is 43.0 Å². The number of halogens is 1. The predicted molar refractivity (Wildman–Crippen MR) is 88.9 cm³/mol. The molecule has 1 saturated heterocycles. The summed E-state index contributed by atoms with van der Waals surface area (Å²) in [6.07, 6.45) is 3.00. The lowest BCUT2D eigenvalue weighted by Gasteiger charge is -2.42. The molecule has 1 heterocycles. The van der Waals surface area contributed by atoms with Crippen molar-refractivity contribution in [3.8, 4) is 5.75 Å². The second kappa shape index (κ2) is 6.40. The Morgan fingerprint density at radius 2 is 2.04 bits per heavy atom. The molecule has 3 rings (SSSR count). The second-order valence-electron chi connectivity index (χ2n) is 6.14. The van der Waals surface area contributed by atoms with Crippen molar-refractivity contribution < 1.29 is 14.3 Å². The average molecular weight is 337 g/mol. The monoisotopic (exact) mass is 336 g/mol. The first-order chi connectivity index (χ1) is 11.0. The van der Waals surface area contributed by atoms with Crippen molar-refractivity contribution in [1.29, 1.82) is 0 Å². The van der Waals surface area contributed by atoms with Gasteiger partial charge in [0.15, 0.2) is 0 Å². The van der Waals surface area contributed by atoms with Gasteiger partial charge in [0.1, 0.15) is 11.8 Å². The van der Waals surface area contributed by atoms with Crippen molar-refractivity contribution in [2.75, 3.05) is 25.1 Å². The topological polar surface area (TPSA) is 49.9 Å². The number of hydrogen-bond donors (Lipinski definition) is 0. The minimum Gasteiger partial charge on any atom is -0.495 e. The van der Waals surface area contributed by atoms with Crippen LogP contribution in [0.2, 0.25) is 5.02 Å². The Labute approximate surface area is 141 Å². The summed E-state index contributed by atoms with van der Waals surface area (Å²) < 4.78 is 5.34. The summed E-state index contributed by atoms with van der Waals surface area (Å²) in [5, 5.41) is 0.550. The number of anilines is 1. The molecule has 0 N–H and O–H groups in total. The first kappa shape index (κ1) is 16.1. The average Bonchev–Trinajstić information content (AvgIpc) is 2.48. The van der Waals surface area contributed by atoms with Gasteiger partial charge in [0.2, 0.25) is 11.8 Å². The fourth-order valence-corrected chi connectivity index (χ4v) is 3.34. The van der Waals surface area contributed by atoms with E-state index < -0.39 is 6.04 Å². The molecule has 0 spiro atoms. The van der Waals surface area contributed by atoms with E-state index in [1.54, 1.807) is 42.0 Å². The number of benzene rings is 1. The number of hydrogen-bond acceptors (Lipinski definition) is 3. The Hall–Kier alpha value is -1.75. The van der Waals surface area contributed by atoms with Crippen LogP contribution in [0.15, 0.2) is 18.2 Å². The Morgan fingerprint density at radius 3 is 2.65 bits per heavy atom. The van der Waals surface area contributed by atoms with E-state index in [-0.39, 0.29) is 17.7 Å². The Kier molecular flexibility index (Phi) is 4.48. The molecule has 124 valence electrons. The van der Waals surface area contributed by atoms with Crippen LogP contribution >= 0.6 is 11.6 Å². The van der Waals surface area contributed by atoms with Gasteiger partial charge in [0.05, 0.1) is 12.8 Å². The number of methoxy groups -OCH3 is 1. The molecule has 23 heavy (non-hydrogen) atoms. The van der Waals surface area contributed by atoms with Gasteiger partial charge in [-0.3, -0.25) is 9.59 Å². The summed E-state index contributed by atoms with van der Waals surface area (Å²) in [6.45, 7) is 2.79. The highest BCUT2D eigenvalue weighted by atomic mass is 35.5. The van der Waals surface area contributed by atoms with Crippen molar-refractivity contribution in [1.82, 2.24) is 4.90 Å². The van der Waals surface area contributed by atoms with Gasteiger partial charge in [0.25, 0.3) is 0 Å². The zero-order valence-corrected chi connectivity index (χ0v) is 14.2. The van der Waals surface area contributed by atoms with Crippen molar-refractivity contribution in [2.24, 2.45) is 5.92 Å². The number of rotatable bonds is 3. The van der Waals surface area contributed by atoms with E-state index in [1.807, 2.05) is 0 Å². The molecular weight excluding hydrogens is 316 g/mol. The van der Waals surface area contributed by atoms with Gasteiger partial charge in [-0.05, 0) is 38.0 Å². The Balaban J connectivity index is 1.81. The number of nitrogens with zero attached hydrogens (tertiary/aromatic N) is 2. The molecule has 1 aliphatic carbocycles. The molecule has 6 heteroatoms. The van der Waals surface area contributed by atoms with Crippen LogP contribution in [0.1, 0.15) is 26.2 Å². The molecule has 2 aliphatic rings. The standard InChI is InChI=1S/C17H21ClN2O3/c1-11-16(21)20(14-10-13(18)6-7-15(14)23-2)9-8-19(11)17(22)12-4-3-5-12/h6-7,10-12H,3-5,8-9H2,1-2H3/t11-/m1/s1. The third-order valence-corrected chi connectivity index (χ3v) is 5.06. The number of ether oxygens (including phenoxy) is 1. The van der Waals surface area contributed by atoms with E-state index in [0.717, 1.165) is 19.3 Å².